The van der Waals surface area contributed by atoms with Crippen LogP contribution in [-0.2, 0) is 14.4 Å². The first-order chi connectivity index (χ1) is 7.44. The molecule has 0 spiro atoms. The smallest absolute Gasteiger partial charge is 0.344 e. The van der Waals surface area contributed by atoms with E-state index in [0.29, 0.717) is 6.42 Å². The minimum Gasteiger partial charge on any atom is -0.479 e. The van der Waals surface area contributed by atoms with Crippen LogP contribution in [0.2, 0.25) is 0 Å². The van der Waals surface area contributed by atoms with Gasteiger partial charge in [0.15, 0.2) is 0 Å². The largest absolute Gasteiger partial charge is 0.479 e. The molecule has 0 aromatic rings. The van der Waals surface area contributed by atoms with E-state index < -0.39 is 16.7 Å². The maximum absolute atomic E-state index is 11.2. The van der Waals surface area contributed by atoms with Crippen LogP contribution in [-0.4, -0.2) is 38.0 Å². The van der Waals surface area contributed by atoms with Crippen molar-refractivity contribution in [1.82, 2.24) is 10.2 Å². The van der Waals surface area contributed by atoms with Crippen molar-refractivity contribution in [3.8, 4) is 0 Å². The molecule has 16 heavy (non-hydrogen) atoms. The molecular formula is C9H10N2O4S. The fraction of sp³-hybridized carbons (Fsp3) is 0.444. The van der Waals surface area contributed by atoms with Crippen molar-refractivity contribution in [2.24, 2.45) is 0 Å². The molecule has 2 rings (SSSR count). The summed E-state index contributed by atoms with van der Waals surface area (Å²) in [6.07, 6.45) is 3.07. The number of carbonyl (C=O) groups is 3. The molecule has 0 bridgehead atoms. The highest BCUT2D eigenvalue weighted by atomic mass is 32.2. The van der Waals surface area contributed by atoms with Gasteiger partial charge in [-0.05, 0) is 6.08 Å². The Hall–Kier alpha value is -1.50. The molecule has 2 amide bonds. The normalized spacial score (nSPS) is 31.7. The molecule has 7 heteroatoms. The predicted octanol–water partition coefficient (Wildman–Crippen LogP) is -0.278. The Bertz CT molecular complexity index is 408. The highest BCUT2D eigenvalue weighted by Crippen LogP contribution is 2.42. The van der Waals surface area contributed by atoms with Gasteiger partial charge in [-0.2, -0.15) is 0 Å². The lowest BCUT2D eigenvalue weighted by Gasteiger charge is -2.45. The molecule has 2 atom stereocenters. The van der Waals surface area contributed by atoms with Crippen LogP contribution in [0.25, 0.3) is 0 Å². The molecule has 0 radical (unpaired) electrons. The zero-order chi connectivity index (χ0) is 11.9. The van der Waals surface area contributed by atoms with Gasteiger partial charge >= 0.3 is 5.97 Å². The van der Waals surface area contributed by atoms with Gasteiger partial charge in [-0.15, -0.1) is 0 Å². The highest BCUT2D eigenvalue weighted by Gasteiger charge is 2.49. The number of carboxylic acid groups (broad SMARTS) is 1. The van der Waals surface area contributed by atoms with E-state index in [9.17, 15) is 14.4 Å². The van der Waals surface area contributed by atoms with Crippen molar-refractivity contribution >= 4 is 29.5 Å². The summed E-state index contributed by atoms with van der Waals surface area (Å²) in [4.78, 5) is 33.3. The number of aliphatic carboxylic acids is 1. The number of carbonyl (C=O) groups excluding carboxylic acids is 2. The lowest BCUT2D eigenvalue weighted by atomic mass is 10.2. The number of β-lactam (4-membered cyclic amide) rings is 1. The van der Waals surface area contributed by atoms with E-state index in [1.54, 1.807) is 0 Å². The van der Waals surface area contributed by atoms with E-state index in [4.69, 9.17) is 5.11 Å². The summed E-state index contributed by atoms with van der Waals surface area (Å²) in [7, 11) is 0. The van der Waals surface area contributed by atoms with Gasteiger partial charge in [-0.3, -0.25) is 9.59 Å². The van der Waals surface area contributed by atoms with Crippen molar-refractivity contribution in [2.75, 3.05) is 0 Å². The van der Waals surface area contributed by atoms with Crippen LogP contribution in [0.5, 0.6) is 0 Å². The quantitative estimate of drug-likeness (QED) is 0.650. The first-order valence-electron chi connectivity index (χ1n) is 4.65. The van der Waals surface area contributed by atoms with E-state index in [1.807, 2.05) is 0 Å². The Morgan fingerprint density at radius 3 is 2.81 bits per heavy atom. The number of rotatable bonds is 2. The number of nitrogens with one attached hydrogen (secondary N) is 1. The summed E-state index contributed by atoms with van der Waals surface area (Å²) >= 11 is 1.06. The van der Waals surface area contributed by atoms with Gasteiger partial charge in [0, 0.05) is 13.1 Å². The molecule has 86 valence electrons. The number of hydrogen-bond acceptors (Lipinski definition) is 4. The third kappa shape index (κ3) is 1.57. The van der Waals surface area contributed by atoms with Crippen molar-refractivity contribution in [1.29, 1.82) is 0 Å². The molecule has 2 N–H and O–H groups in total. The molecule has 0 aliphatic carbocycles. The van der Waals surface area contributed by atoms with Gasteiger partial charge in [-0.25, -0.2) is 4.79 Å². The van der Waals surface area contributed by atoms with Crippen molar-refractivity contribution in [3.63, 3.8) is 0 Å². The van der Waals surface area contributed by atoms with E-state index >= 15 is 0 Å². The standard InChI is InChI=1S/C9H10N2O4S/c1-5(12)10-9(8(14)15)2-3-11-6(13)4-7(11)16-9/h2-3,7H,4H2,1H3,(H,10,12)(H,14,15)/t7-,9?/m1/s1. The highest BCUT2D eigenvalue weighted by molar-refractivity contribution is 8.02. The number of amides is 2. The second kappa shape index (κ2) is 3.51. The molecule has 1 saturated heterocycles. The third-order valence-corrected chi connectivity index (χ3v) is 3.87. The SMILES string of the molecule is CC(=O)NC1(C(=O)O)C=CN2C(=O)C[C@H]2S1. The number of hydrogen-bond donors (Lipinski definition) is 2. The first-order valence-corrected chi connectivity index (χ1v) is 5.53. The second-order valence-electron chi connectivity index (χ2n) is 3.62. The summed E-state index contributed by atoms with van der Waals surface area (Å²) < 4.78 is 0. The summed E-state index contributed by atoms with van der Waals surface area (Å²) in [5, 5.41) is 11.3. The summed E-state index contributed by atoms with van der Waals surface area (Å²) in [6, 6.07) is 0. The Balaban J connectivity index is 2.25. The van der Waals surface area contributed by atoms with E-state index in [-0.39, 0.29) is 11.3 Å². The van der Waals surface area contributed by atoms with Crippen molar-refractivity contribution in [2.45, 2.75) is 23.6 Å². The van der Waals surface area contributed by atoms with Crippen molar-refractivity contribution in [3.05, 3.63) is 12.3 Å². The van der Waals surface area contributed by atoms with Crippen LogP contribution in [0.1, 0.15) is 13.3 Å². The third-order valence-electron chi connectivity index (χ3n) is 2.42. The lowest BCUT2D eigenvalue weighted by Crippen LogP contribution is -2.59. The van der Waals surface area contributed by atoms with Crippen LogP contribution in [0.4, 0.5) is 0 Å². The topological polar surface area (TPSA) is 86.7 Å². The molecule has 1 unspecified atom stereocenters. The van der Waals surface area contributed by atoms with Crippen LogP contribution < -0.4 is 5.32 Å². The van der Waals surface area contributed by atoms with Gasteiger partial charge in [-0.1, -0.05) is 11.8 Å². The van der Waals surface area contributed by atoms with Crippen LogP contribution in [0.15, 0.2) is 12.3 Å². The lowest BCUT2D eigenvalue weighted by molar-refractivity contribution is -0.143. The van der Waals surface area contributed by atoms with E-state index in [2.05, 4.69) is 5.32 Å². The first kappa shape index (κ1) is 11.0. The van der Waals surface area contributed by atoms with Gasteiger partial charge in [0.2, 0.25) is 16.7 Å². The maximum Gasteiger partial charge on any atom is 0.344 e. The Kier molecular flexibility index (Phi) is 2.42. The molecule has 2 heterocycles. The Morgan fingerprint density at radius 2 is 2.38 bits per heavy atom. The molecule has 2 aliphatic rings. The molecule has 0 saturated carbocycles. The minimum absolute atomic E-state index is 0.0319. The predicted molar refractivity (Wildman–Crippen MR) is 56.2 cm³/mol. The zero-order valence-corrected chi connectivity index (χ0v) is 9.28. The fourth-order valence-corrected chi connectivity index (χ4v) is 3.03. The van der Waals surface area contributed by atoms with Gasteiger partial charge < -0.3 is 15.3 Å². The molecule has 0 aromatic heterocycles. The van der Waals surface area contributed by atoms with Gasteiger partial charge in [0.1, 0.15) is 0 Å². The van der Waals surface area contributed by atoms with E-state index in [1.165, 1.54) is 24.1 Å². The molecule has 2 aliphatic heterocycles. The maximum atomic E-state index is 11.2. The molecule has 1 fully saturated rings. The number of fused-ring (bicyclic) bond motifs is 1. The number of carboxylic acids is 1. The van der Waals surface area contributed by atoms with Crippen LogP contribution >= 0.6 is 11.8 Å². The molecule has 0 aromatic carbocycles. The zero-order valence-electron chi connectivity index (χ0n) is 8.47. The van der Waals surface area contributed by atoms with Gasteiger partial charge in [0.05, 0.1) is 11.8 Å². The summed E-state index contributed by atoms with van der Waals surface area (Å²) in [6.45, 7) is 1.26. The minimum atomic E-state index is -1.45. The summed E-state index contributed by atoms with van der Waals surface area (Å²) in [5.41, 5.74) is 0. The van der Waals surface area contributed by atoms with Gasteiger partial charge in [0.25, 0.3) is 0 Å². The molecule has 6 nitrogen and oxygen atoms in total. The Morgan fingerprint density at radius 1 is 1.69 bits per heavy atom. The fourth-order valence-electron chi connectivity index (χ4n) is 1.63. The number of thioether (sulfide) groups is 1. The van der Waals surface area contributed by atoms with Crippen molar-refractivity contribution < 1.29 is 19.5 Å². The monoisotopic (exact) mass is 242 g/mol. The average Bonchev–Trinajstić information content (AvgIpc) is 2.15. The number of nitrogens with zero attached hydrogens (tertiary/aromatic N) is 1. The Labute approximate surface area is 95.7 Å². The van der Waals surface area contributed by atoms with E-state index in [0.717, 1.165) is 11.8 Å². The second-order valence-corrected chi connectivity index (χ2v) is 5.04. The molecular weight excluding hydrogens is 232 g/mol. The van der Waals surface area contributed by atoms with Crippen LogP contribution in [0.3, 0.4) is 0 Å². The van der Waals surface area contributed by atoms with Crippen LogP contribution in [0, 0.1) is 0 Å². The summed E-state index contributed by atoms with van der Waals surface area (Å²) in [5.74, 6) is -1.59. The average molecular weight is 242 g/mol.